The Kier molecular flexibility index (Phi) is 4.16. The number of hydrogen-bond donors (Lipinski definition) is 1. The first-order valence-corrected chi connectivity index (χ1v) is 7.50. The van der Waals surface area contributed by atoms with Gasteiger partial charge in [0.25, 0.3) is 0 Å². The number of carbonyl (C=O) groups excluding carboxylic acids is 1. The molecule has 0 spiro atoms. The van der Waals surface area contributed by atoms with Crippen LogP contribution in [-0.4, -0.2) is 34.0 Å². The molecule has 1 aliphatic heterocycles. The van der Waals surface area contributed by atoms with Crippen molar-refractivity contribution in [2.75, 3.05) is 6.54 Å². The van der Waals surface area contributed by atoms with Crippen molar-refractivity contribution in [2.45, 2.75) is 64.3 Å². The molecule has 19 heavy (non-hydrogen) atoms. The maximum absolute atomic E-state index is 12.6. The van der Waals surface area contributed by atoms with Gasteiger partial charge in [0, 0.05) is 12.5 Å². The first kappa shape index (κ1) is 14.4. The average Bonchev–Trinajstić information content (AvgIpc) is 2.39. The summed E-state index contributed by atoms with van der Waals surface area (Å²) in [7, 11) is 0. The van der Waals surface area contributed by atoms with Gasteiger partial charge < -0.3 is 10.0 Å². The molecule has 1 amide bonds. The van der Waals surface area contributed by atoms with Gasteiger partial charge in [0.1, 0.15) is 5.54 Å². The molecule has 0 bridgehead atoms. The van der Waals surface area contributed by atoms with Crippen molar-refractivity contribution >= 4 is 11.9 Å². The molecule has 1 N–H and O–H groups in total. The number of hydrogen-bond acceptors (Lipinski definition) is 2. The van der Waals surface area contributed by atoms with Crippen molar-refractivity contribution in [1.82, 2.24) is 4.90 Å². The topological polar surface area (TPSA) is 57.6 Å². The molecule has 1 saturated heterocycles. The molecule has 1 heterocycles. The molecule has 1 saturated carbocycles. The van der Waals surface area contributed by atoms with Crippen LogP contribution in [0.25, 0.3) is 0 Å². The molecule has 108 valence electrons. The first-order chi connectivity index (χ1) is 8.95. The lowest BCUT2D eigenvalue weighted by molar-refractivity contribution is -0.163. The van der Waals surface area contributed by atoms with Crippen molar-refractivity contribution < 1.29 is 14.7 Å². The Morgan fingerprint density at radius 1 is 1.16 bits per heavy atom. The molecule has 1 aliphatic carbocycles. The summed E-state index contributed by atoms with van der Waals surface area (Å²) in [4.78, 5) is 25.8. The van der Waals surface area contributed by atoms with Gasteiger partial charge in [-0.15, -0.1) is 0 Å². The number of aliphatic carboxylic acids is 1. The molecule has 0 radical (unpaired) electrons. The zero-order valence-electron chi connectivity index (χ0n) is 12.0. The summed E-state index contributed by atoms with van der Waals surface area (Å²) in [6.07, 6.45) is 6.43. The van der Waals surface area contributed by atoms with E-state index in [0.29, 0.717) is 18.9 Å². The fraction of sp³-hybridized carbons (Fsp3) is 0.867. The van der Waals surface area contributed by atoms with Crippen molar-refractivity contribution in [2.24, 2.45) is 11.8 Å². The zero-order valence-corrected chi connectivity index (χ0v) is 12.0. The number of likely N-dealkylation sites (tertiary alicyclic amines) is 1. The molecular weight excluding hydrogens is 242 g/mol. The summed E-state index contributed by atoms with van der Waals surface area (Å²) in [5.41, 5.74) is -0.988. The number of carboxylic acids is 1. The van der Waals surface area contributed by atoms with Gasteiger partial charge in [-0.2, -0.15) is 0 Å². The van der Waals surface area contributed by atoms with Gasteiger partial charge >= 0.3 is 5.97 Å². The van der Waals surface area contributed by atoms with Crippen molar-refractivity contribution in [3.63, 3.8) is 0 Å². The summed E-state index contributed by atoms with van der Waals surface area (Å²) in [6, 6.07) is 0. The predicted molar refractivity (Wildman–Crippen MR) is 72.7 cm³/mol. The molecule has 2 fully saturated rings. The number of piperidine rings is 1. The smallest absolute Gasteiger partial charge is 0.329 e. The highest BCUT2D eigenvalue weighted by atomic mass is 16.4. The van der Waals surface area contributed by atoms with Crippen LogP contribution < -0.4 is 0 Å². The Hall–Kier alpha value is -1.06. The number of nitrogens with zero attached hydrogens (tertiary/aromatic N) is 1. The van der Waals surface area contributed by atoms with Crippen LogP contribution in [0.15, 0.2) is 0 Å². The number of rotatable bonds is 2. The summed E-state index contributed by atoms with van der Waals surface area (Å²) in [5.74, 6) is -0.0227. The highest BCUT2D eigenvalue weighted by Gasteiger charge is 2.45. The monoisotopic (exact) mass is 267 g/mol. The third kappa shape index (κ3) is 2.77. The van der Waals surface area contributed by atoms with E-state index >= 15 is 0 Å². The molecule has 2 rings (SSSR count). The zero-order chi connectivity index (χ0) is 14.0. The molecule has 0 aromatic rings. The fourth-order valence-electron chi connectivity index (χ4n) is 3.42. The maximum atomic E-state index is 12.6. The standard InChI is InChI=1S/C15H25NO3/c1-11-5-7-12(8-6-11)13(17)16-10-4-3-9-15(16,2)14(18)19/h11-12H,3-10H2,1-2H3,(H,18,19). The van der Waals surface area contributed by atoms with E-state index in [-0.39, 0.29) is 11.8 Å². The minimum atomic E-state index is -0.988. The van der Waals surface area contributed by atoms with Crippen LogP contribution in [0.4, 0.5) is 0 Å². The Balaban J connectivity index is 2.10. The average molecular weight is 267 g/mol. The highest BCUT2D eigenvalue weighted by molar-refractivity contribution is 5.88. The Bertz CT molecular complexity index is 360. The molecule has 0 aromatic carbocycles. The summed E-state index contributed by atoms with van der Waals surface area (Å²) >= 11 is 0. The second kappa shape index (κ2) is 5.51. The largest absolute Gasteiger partial charge is 0.480 e. The van der Waals surface area contributed by atoms with Crippen molar-refractivity contribution in [3.05, 3.63) is 0 Å². The summed E-state index contributed by atoms with van der Waals surface area (Å²) in [5, 5.41) is 9.46. The van der Waals surface area contributed by atoms with Crippen LogP contribution in [0.5, 0.6) is 0 Å². The fourth-order valence-corrected chi connectivity index (χ4v) is 3.42. The van der Waals surface area contributed by atoms with E-state index in [1.165, 1.54) is 0 Å². The highest BCUT2D eigenvalue weighted by Crippen LogP contribution is 2.34. The van der Waals surface area contributed by atoms with Crippen LogP contribution in [0.1, 0.15) is 58.8 Å². The Morgan fingerprint density at radius 3 is 2.37 bits per heavy atom. The van der Waals surface area contributed by atoms with E-state index in [0.717, 1.165) is 38.5 Å². The van der Waals surface area contributed by atoms with Crippen LogP contribution in [0, 0.1) is 11.8 Å². The molecule has 4 nitrogen and oxygen atoms in total. The van der Waals surface area contributed by atoms with E-state index in [2.05, 4.69) is 6.92 Å². The molecule has 2 aliphatic rings. The van der Waals surface area contributed by atoms with Gasteiger partial charge in [-0.25, -0.2) is 4.79 Å². The molecule has 0 aromatic heterocycles. The predicted octanol–water partition coefficient (Wildman–Crippen LogP) is 2.67. The van der Waals surface area contributed by atoms with Gasteiger partial charge in [0.05, 0.1) is 0 Å². The second-order valence-electron chi connectivity index (χ2n) is 6.48. The molecule has 1 unspecified atom stereocenters. The van der Waals surface area contributed by atoms with Crippen LogP contribution >= 0.6 is 0 Å². The van der Waals surface area contributed by atoms with E-state index in [4.69, 9.17) is 0 Å². The van der Waals surface area contributed by atoms with Crippen molar-refractivity contribution in [3.8, 4) is 0 Å². The van der Waals surface area contributed by atoms with E-state index in [9.17, 15) is 14.7 Å². The normalized spacial score (nSPS) is 36.0. The Morgan fingerprint density at radius 2 is 1.79 bits per heavy atom. The first-order valence-electron chi connectivity index (χ1n) is 7.50. The van der Waals surface area contributed by atoms with Crippen LogP contribution in [0.3, 0.4) is 0 Å². The lowest BCUT2D eigenvalue weighted by atomic mass is 9.80. The lowest BCUT2D eigenvalue weighted by Crippen LogP contribution is -2.59. The van der Waals surface area contributed by atoms with E-state index in [1.807, 2.05) is 0 Å². The molecule has 4 heteroatoms. The maximum Gasteiger partial charge on any atom is 0.329 e. The quantitative estimate of drug-likeness (QED) is 0.836. The number of carboxylic acid groups (broad SMARTS) is 1. The molecular formula is C15H25NO3. The van der Waals surface area contributed by atoms with Crippen molar-refractivity contribution in [1.29, 1.82) is 0 Å². The third-order valence-corrected chi connectivity index (χ3v) is 4.98. The van der Waals surface area contributed by atoms with Gasteiger partial charge in [-0.1, -0.05) is 6.92 Å². The van der Waals surface area contributed by atoms with Crippen LogP contribution in [-0.2, 0) is 9.59 Å². The van der Waals surface area contributed by atoms with Gasteiger partial charge in [-0.05, 0) is 57.8 Å². The summed E-state index contributed by atoms with van der Waals surface area (Å²) < 4.78 is 0. The molecule has 1 atom stereocenters. The van der Waals surface area contributed by atoms with Crippen LogP contribution in [0.2, 0.25) is 0 Å². The minimum Gasteiger partial charge on any atom is -0.480 e. The lowest BCUT2D eigenvalue weighted by Gasteiger charge is -2.44. The van der Waals surface area contributed by atoms with Gasteiger partial charge in [-0.3, -0.25) is 4.79 Å². The second-order valence-corrected chi connectivity index (χ2v) is 6.48. The van der Waals surface area contributed by atoms with E-state index < -0.39 is 11.5 Å². The minimum absolute atomic E-state index is 0.0491. The summed E-state index contributed by atoms with van der Waals surface area (Å²) in [6.45, 7) is 4.54. The van der Waals surface area contributed by atoms with E-state index in [1.54, 1.807) is 11.8 Å². The van der Waals surface area contributed by atoms with Gasteiger partial charge in [0.15, 0.2) is 0 Å². The number of carbonyl (C=O) groups is 2. The SMILES string of the molecule is CC1CCC(C(=O)N2CCCCC2(C)C(=O)O)CC1. The Labute approximate surface area is 115 Å². The van der Waals surface area contributed by atoms with Gasteiger partial charge in [0.2, 0.25) is 5.91 Å². The number of amides is 1. The third-order valence-electron chi connectivity index (χ3n) is 4.98.